The zero-order valence-corrected chi connectivity index (χ0v) is 21.3. The number of benzene rings is 3. The number of fused-ring (bicyclic) bond motifs is 1. The van der Waals surface area contributed by atoms with Crippen LogP contribution in [-0.2, 0) is 19.5 Å². The van der Waals surface area contributed by atoms with E-state index in [1.807, 2.05) is 48.0 Å². The molecule has 0 spiro atoms. The molecule has 2 heterocycles. The summed E-state index contributed by atoms with van der Waals surface area (Å²) in [4.78, 5) is 18.6. The largest absolute Gasteiger partial charge is 0.322 e. The lowest BCUT2D eigenvalue weighted by Gasteiger charge is -2.30. The van der Waals surface area contributed by atoms with Crippen LogP contribution in [-0.4, -0.2) is 36.6 Å². The molecule has 0 aliphatic rings. The summed E-state index contributed by atoms with van der Waals surface area (Å²) in [5, 5.41) is 13.8. The first-order valence-corrected chi connectivity index (χ1v) is 12.8. The van der Waals surface area contributed by atoms with Crippen LogP contribution in [0.2, 0.25) is 0 Å². The van der Waals surface area contributed by atoms with Crippen LogP contribution in [0.5, 0.6) is 0 Å². The molecule has 3 aromatic carbocycles. The maximum atomic E-state index is 13.1. The van der Waals surface area contributed by atoms with Gasteiger partial charge in [0, 0.05) is 24.2 Å². The molecular formula is C30H32N6O. The van der Waals surface area contributed by atoms with E-state index >= 15 is 0 Å². The van der Waals surface area contributed by atoms with Crippen LogP contribution in [0.25, 0.3) is 10.9 Å². The summed E-state index contributed by atoms with van der Waals surface area (Å²) in [6.07, 6.45) is 1.68. The SMILES string of the molecule is CC[C@@H](c1nnnn1Cc1ccccc1)N(CCc1ccccc1)Cc1cc2ccc(C)cc2[nH]c1=O. The van der Waals surface area contributed by atoms with Crippen molar-refractivity contribution >= 4 is 10.9 Å². The fraction of sp³-hybridized carbons (Fsp3) is 0.267. The van der Waals surface area contributed by atoms with E-state index in [9.17, 15) is 4.79 Å². The molecule has 0 aliphatic heterocycles. The summed E-state index contributed by atoms with van der Waals surface area (Å²) in [7, 11) is 0. The summed E-state index contributed by atoms with van der Waals surface area (Å²) in [5.74, 6) is 0.812. The predicted octanol–water partition coefficient (Wildman–Crippen LogP) is 5.07. The zero-order chi connectivity index (χ0) is 25.6. The van der Waals surface area contributed by atoms with Crippen molar-refractivity contribution in [2.45, 2.75) is 45.8 Å². The minimum Gasteiger partial charge on any atom is -0.322 e. The Labute approximate surface area is 216 Å². The monoisotopic (exact) mass is 492 g/mol. The average molecular weight is 493 g/mol. The number of nitrogens with zero attached hydrogens (tertiary/aromatic N) is 5. The Morgan fingerprint density at radius 1 is 0.946 bits per heavy atom. The fourth-order valence-corrected chi connectivity index (χ4v) is 4.88. The molecule has 0 bridgehead atoms. The van der Waals surface area contributed by atoms with Crippen LogP contribution < -0.4 is 5.56 Å². The van der Waals surface area contributed by atoms with Crippen molar-refractivity contribution < 1.29 is 0 Å². The first-order chi connectivity index (χ1) is 18.1. The summed E-state index contributed by atoms with van der Waals surface area (Å²) < 4.78 is 1.88. The second-order valence-corrected chi connectivity index (χ2v) is 9.52. The molecule has 7 nitrogen and oxygen atoms in total. The second-order valence-electron chi connectivity index (χ2n) is 9.52. The molecule has 0 fully saturated rings. The summed E-state index contributed by atoms with van der Waals surface area (Å²) >= 11 is 0. The highest BCUT2D eigenvalue weighted by Gasteiger charge is 2.26. The van der Waals surface area contributed by atoms with Gasteiger partial charge in [-0.25, -0.2) is 4.68 Å². The zero-order valence-electron chi connectivity index (χ0n) is 21.3. The summed E-state index contributed by atoms with van der Waals surface area (Å²) in [5.41, 5.74) is 5.07. The van der Waals surface area contributed by atoms with Gasteiger partial charge in [0.15, 0.2) is 5.82 Å². The second kappa shape index (κ2) is 11.3. The van der Waals surface area contributed by atoms with Gasteiger partial charge in [-0.05, 0) is 64.4 Å². The molecule has 1 atom stereocenters. The van der Waals surface area contributed by atoms with E-state index < -0.39 is 0 Å². The van der Waals surface area contributed by atoms with Gasteiger partial charge < -0.3 is 4.98 Å². The Kier molecular flexibility index (Phi) is 7.51. The number of nitrogens with one attached hydrogen (secondary N) is 1. The number of aromatic amines is 1. The maximum absolute atomic E-state index is 13.1. The lowest BCUT2D eigenvalue weighted by Crippen LogP contribution is -2.34. The molecule has 0 saturated carbocycles. The molecule has 37 heavy (non-hydrogen) atoms. The Balaban J connectivity index is 1.48. The molecule has 0 unspecified atom stereocenters. The van der Waals surface area contributed by atoms with Crippen molar-refractivity contribution in [3.05, 3.63) is 123 Å². The molecule has 0 saturated heterocycles. The van der Waals surface area contributed by atoms with Gasteiger partial charge in [0.25, 0.3) is 5.56 Å². The first kappa shape index (κ1) is 24.6. The highest BCUT2D eigenvalue weighted by molar-refractivity contribution is 5.79. The van der Waals surface area contributed by atoms with Gasteiger partial charge >= 0.3 is 0 Å². The first-order valence-electron chi connectivity index (χ1n) is 12.8. The lowest BCUT2D eigenvalue weighted by atomic mass is 10.1. The van der Waals surface area contributed by atoms with Gasteiger partial charge in [-0.15, -0.1) is 5.10 Å². The number of H-pyrrole nitrogens is 1. The Morgan fingerprint density at radius 3 is 2.41 bits per heavy atom. The number of hydrogen-bond acceptors (Lipinski definition) is 5. The van der Waals surface area contributed by atoms with E-state index in [0.29, 0.717) is 13.1 Å². The highest BCUT2D eigenvalue weighted by atomic mass is 16.1. The molecule has 2 aromatic heterocycles. The van der Waals surface area contributed by atoms with E-state index in [1.54, 1.807) is 0 Å². The van der Waals surface area contributed by atoms with Gasteiger partial charge in [-0.2, -0.15) is 0 Å². The van der Waals surface area contributed by atoms with E-state index in [1.165, 1.54) is 5.56 Å². The van der Waals surface area contributed by atoms with Crippen LogP contribution in [0.15, 0.2) is 89.7 Å². The maximum Gasteiger partial charge on any atom is 0.252 e. The summed E-state index contributed by atoms with van der Waals surface area (Å²) in [6, 6.07) is 28.8. The van der Waals surface area contributed by atoms with Crippen molar-refractivity contribution in [1.82, 2.24) is 30.1 Å². The van der Waals surface area contributed by atoms with Crippen LogP contribution >= 0.6 is 0 Å². The number of aryl methyl sites for hydroxylation is 1. The Bertz CT molecular complexity index is 1510. The normalized spacial score (nSPS) is 12.3. The van der Waals surface area contributed by atoms with Crippen LogP contribution in [0.4, 0.5) is 0 Å². The third-order valence-corrected chi connectivity index (χ3v) is 6.84. The highest BCUT2D eigenvalue weighted by Crippen LogP contribution is 2.25. The van der Waals surface area contributed by atoms with Crippen molar-refractivity contribution in [1.29, 1.82) is 0 Å². The van der Waals surface area contributed by atoms with Gasteiger partial charge in [0.2, 0.25) is 0 Å². The van der Waals surface area contributed by atoms with Gasteiger partial charge in [0.05, 0.1) is 12.6 Å². The third kappa shape index (κ3) is 5.84. The van der Waals surface area contributed by atoms with E-state index in [4.69, 9.17) is 0 Å². The van der Waals surface area contributed by atoms with Gasteiger partial charge in [-0.3, -0.25) is 9.69 Å². The number of rotatable bonds is 10. The van der Waals surface area contributed by atoms with Crippen LogP contribution in [0.1, 0.15) is 47.5 Å². The number of tetrazole rings is 1. The smallest absolute Gasteiger partial charge is 0.252 e. The quantitative estimate of drug-likeness (QED) is 0.295. The van der Waals surface area contributed by atoms with E-state index in [0.717, 1.165) is 52.8 Å². The Morgan fingerprint density at radius 2 is 1.68 bits per heavy atom. The van der Waals surface area contributed by atoms with Gasteiger partial charge in [0.1, 0.15) is 0 Å². The molecule has 0 radical (unpaired) electrons. The minimum atomic E-state index is -0.0541. The van der Waals surface area contributed by atoms with Crippen molar-refractivity contribution in [3.8, 4) is 0 Å². The number of aromatic nitrogens is 5. The molecule has 1 N–H and O–H groups in total. The topological polar surface area (TPSA) is 79.7 Å². The van der Waals surface area contributed by atoms with Crippen LogP contribution in [0, 0.1) is 6.92 Å². The summed E-state index contributed by atoms with van der Waals surface area (Å²) in [6.45, 7) is 6.05. The van der Waals surface area contributed by atoms with Crippen molar-refractivity contribution in [2.75, 3.05) is 6.54 Å². The molecule has 0 amide bonds. The molecule has 0 aliphatic carbocycles. The standard InChI is InChI=1S/C30H32N6O/c1-3-28(29-32-33-34-36(29)20-24-12-8-5-9-13-24)35(17-16-23-10-6-4-7-11-23)21-26-19-25-15-14-22(2)18-27(25)31-30(26)37/h4-15,18-19,28H,3,16-17,20-21H2,1-2H3,(H,31,37)/t28-/m0/s1. The molecule has 188 valence electrons. The molecule has 7 heteroatoms. The lowest BCUT2D eigenvalue weighted by molar-refractivity contribution is 0.172. The van der Waals surface area contributed by atoms with E-state index in [2.05, 4.69) is 80.9 Å². The fourth-order valence-electron chi connectivity index (χ4n) is 4.88. The van der Waals surface area contributed by atoms with Gasteiger partial charge in [-0.1, -0.05) is 79.7 Å². The average Bonchev–Trinajstić information content (AvgIpc) is 3.36. The predicted molar refractivity (Wildman–Crippen MR) is 146 cm³/mol. The van der Waals surface area contributed by atoms with Crippen LogP contribution in [0.3, 0.4) is 0 Å². The number of hydrogen-bond donors (Lipinski definition) is 1. The third-order valence-electron chi connectivity index (χ3n) is 6.84. The number of pyridine rings is 1. The van der Waals surface area contributed by atoms with E-state index in [-0.39, 0.29) is 11.6 Å². The molecule has 5 aromatic rings. The molecule has 5 rings (SSSR count). The van der Waals surface area contributed by atoms with Crippen molar-refractivity contribution in [3.63, 3.8) is 0 Å². The Hall–Kier alpha value is -4.10. The minimum absolute atomic E-state index is 0.0458. The molecular weight excluding hydrogens is 460 g/mol. The van der Waals surface area contributed by atoms with Crippen molar-refractivity contribution in [2.24, 2.45) is 0 Å².